The number of thioether (sulfide) groups is 1. The van der Waals surface area contributed by atoms with Crippen molar-refractivity contribution in [2.24, 2.45) is 0 Å². The molecule has 0 aliphatic carbocycles. The molecule has 5 nitrogen and oxygen atoms in total. The van der Waals surface area contributed by atoms with Gasteiger partial charge in [0.05, 0.1) is 17.9 Å². The first-order chi connectivity index (χ1) is 16.6. The molecule has 2 aromatic heterocycles. The summed E-state index contributed by atoms with van der Waals surface area (Å²) >= 11 is 5.18. The average molecular weight is 534 g/mol. The Balaban J connectivity index is 1.57. The molecule has 0 bridgehead atoms. The van der Waals surface area contributed by atoms with Gasteiger partial charge in [0, 0.05) is 39.5 Å². The number of ether oxygens (including phenoxy) is 1. The number of hydrogen-bond donors (Lipinski definition) is 1. The number of nitrogens with zero attached hydrogens (tertiary/aromatic N) is 3. The summed E-state index contributed by atoms with van der Waals surface area (Å²) in [7, 11) is 0. The Labute approximate surface area is 211 Å². The highest BCUT2D eigenvalue weighted by atomic mass is 79.9. The minimum Gasteiger partial charge on any atom is -0.436 e. The second kappa shape index (κ2) is 9.86. The van der Waals surface area contributed by atoms with E-state index in [-0.39, 0.29) is 6.61 Å². The lowest BCUT2D eigenvalue weighted by atomic mass is 9.99. The van der Waals surface area contributed by atoms with Crippen molar-refractivity contribution in [1.29, 1.82) is 0 Å². The minimum absolute atomic E-state index is 0.0849. The lowest BCUT2D eigenvalue weighted by Crippen LogP contribution is -2.13. The summed E-state index contributed by atoms with van der Waals surface area (Å²) in [4.78, 5) is 14.2. The normalized spacial score (nSPS) is 12.1. The molecular formula is C27H24BrN3O2S. The van der Waals surface area contributed by atoms with Gasteiger partial charge in [-0.3, -0.25) is 4.98 Å². The number of hydrogen-bond acceptors (Lipinski definition) is 6. The van der Waals surface area contributed by atoms with Gasteiger partial charge in [-0.1, -0.05) is 59.3 Å². The molecule has 0 unspecified atom stereocenters. The van der Waals surface area contributed by atoms with Crippen LogP contribution in [-0.4, -0.2) is 20.1 Å². The van der Waals surface area contributed by atoms with Gasteiger partial charge in [-0.25, -0.2) is 4.98 Å². The maximum absolute atomic E-state index is 9.88. The zero-order valence-corrected chi connectivity index (χ0v) is 21.4. The van der Waals surface area contributed by atoms with E-state index in [4.69, 9.17) is 14.7 Å². The summed E-state index contributed by atoms with van der Waals surface area (Å²) < 4.78 is 7.38. The van der Waals surface area contributed by atoms with Gasteiger partial charge in [0.2, 0.25) is 5.88 Å². The second-order valence-electron chi connectivity index (χ2n) is 8.22. The zero-order valence-electron chi connectivity index (χ0n) is 19.0. The van der Waals surface area contributed by atoms with Gasteiger partial charge in [-0.2, -0.15) is 4.98 Å². The molecule has 34 heavy (non-hydrogen) atoms. The number of aliphatic hydroxyl groups is 1. The molecule has 4 aromatic rings. The van der Waals surface area contributed by atoms with E-state index in [0.29, 0.717) is 23.9 Å². The molecule has 2 aromatic carbocycles. The summed E-state index contributed by atoms with van der Waals surface area (Å²) in [6.07, 6.45) is 3.31. The van der Waals surface area contributed by atoms with Gasteiger partial charge >= 0.3 is 0 Å². The largest absolute Gasteiger partial charge is 0.436 e. The second-order valence-corrected chi connectivity index (χ2v) is 10.1. The molecule has 0 radical (unpaired) electrons. The molecule has 0 atom stereocenters. The molecule has 1 aliphatic heterocycles. The van der Waals surface area contributed by atoms with E-state index in [2.05, 4.69) is 76.4 Å². The maximum Gasteiger partial charge on any atom is 0.227 e. The number of aryl methyl sites for hydroxylation is 2. The van der Waals surface area contributed by atoms with Crippen LogP contribution in [0, 0.1) is 6.92 Å². The summed E-state index contributed by atoms with van der Waals surface area (Å²) in [5, 5.41) is 10.8. The van der Waals surface area contributed by atoms with Gasteiger partial charge in [-0.15, -0.1) is 11.8 Å². The molecule has 0 fully saturated rings. The Bertz CT molecular complexity index is 1340. The Hall–Kier alpha value is -2.74. The standard InChI is InChI=1S/C27H24BrN3O2S/c1-3-17-4-8-19(9-5-17)25-30-26-23(12-22-20(14-32)13-29-16(2)24(22)33-26)27(31-25)34-15-18-6-10-21(28)11-7-18/h4-11,13,32H,3,12,14-15H2,1-2H3. The number of fused-ring (bicyclic) bond motifs is 2. The highest BCUT2D eigenvalue weighted by Crippen LogP contribution is 2.43. The lowest BCUT2D eigenvalue weighted by molar-refractivity contribution is 0.278. The minimum atomic E-state index is -0.0849. The SMILES string of the molecule is CCc1ccc(-c2nc3c(c(SCc4ccc(Br)cc4)n2)Cc2c(CO)cnc(C)c2O3)cc1. The van der Waals surface area contributed by atoms with E-state index in [1.54, 1.807) is 18.0 Å². The molecular weight excluding hydrogens is 510 g/mol. The average Bonchev–Trinajstić information content (AvgIpc) is 2.87. The van der Waals surface area contributed by atoms with E-state index >= 15 is 0 Å². The van der Waals surface area contributed by atoms with Crippen molar-refractivity contribution >= 4 is 27.7 Å². The number of rotatable bonds is 6. The van der Waals surface area contributed by atoms with Gasteiger partial charge < -0.3 is 9.84 Å². The van der Waals surface area contributed by atoms with E-state index in [0.717, 1.165) is 49.6 Å². The fraction of sp³-hybridized carbons (Fsp3) is 0.222. The van der Waals surface area contributed by atoms with Crippen molar-refractivity contribution in [2.75, 3.05) is 0 Å². The highest BCUT2D eigenvalue weighted by molar-refractivity contribution is 9.10. The Kier molecular flexibility index (Phi) is 6.68. The van der Waals surface area contributed by atoms with Crippen molar-refractivity contribution < 1.29 is 9.84 Å². The quantitative estimate of drug-likeness (QED) is 0.194. The van der Waals surface area contributed by atoms with E-state index in [9.17, 15) is 5.11 Å². The lowest BCUT2D eigenvalue weighted by Gasteiger charge is -2.24. The number of aliphatic hydroxyl groups excluding tert-OH is 1. The van der Waals surface area contributed by atoms with Crippen LogP contribution in [0.25, 0.3) is 11.4 Å². The molecule has 1 aliphatic rings. The Morgan fingerprint density at radius 1 is 1.00 bits per heavy atom. The summed E-state index contributed by atoms with van der Waals surface area (Å²) in [5.74, 6) is 2.68. The predicted octanol–water partition coefficient (Wildman–Crippen LogP) is 6.65. The van der Waals surface area contributed by atoms with Crippen molar-refractivity contribution in [3.05, 3.63) is 92.7 Å². The van der Waals surface area contributed by atoms with Gasteiger partial charge in [0.25, 0.3) is 0 Å². The first-order valence-electron chi connectivity index (χ1n) is 11.2. The van der Waals surface area contributed by atoms with Crippen LogP contribution in [-0.2, 0) is 25.2 Å². The van der Waals surface area contributed by atoms with E-state index < -0.39 is 0 Å². The van der Waals surface area contributed by atoms with Gasteiger partial charge in [-0.05, 0) is 36.6 Å². The molecule has 1 N–H and O–H groups in total. The van der Waals surface area contributed by atoms with Crippen LogP contribution in [0.3, 0.4) is 0 Å². The number of pyridine rings is 1. The molecule has 172 valence electrons. The van der Waals surface area contributed by atoms with Gasteiger partial charge in [0.15, 0.2) is 11.6 Å². The monoisotopic (exact) mass is 533 g/mol. The molecule has 0 spiro atoms. The van der Waals surface area contributed by atoms with Crippen molar-refractivity contribution in [3.63, 3.8) is 0 Å². The topological polar surface area (TPSA) is 68.1 Å². The molecule has 7 heteroatoms. The van der Waals surface area contributed by atoms with E-state index in [1.807, 2.05) is 6.92 Å². The maximum atomic E-state index is 9.88. The third-order valence-electron chi connectivity index (χ3n) is 5.97. The van der Waals surface area contributed by atoms with Crippen LogP contribution < -0.4 is 4.74 Å². The smallest absolute Gasteiger partial charge is 0.227 e. The Morgan fingerprint density at radius 2 is 1.74 bits per heavy atom. The molecule has 0 saturated heterocycles. The summed E-state index contributed by atoms with van der Waals surface area (Å²) in [5.41, 5.74) is 6.90. The third-order valence-corrected chi connectivity index (χ3v) is 7.58. The van der Waals surface area contributed by atoms with Crippen molar-refractivity contribution in [2.45, 2.75) is 44.1 Å². The van der Waals surface area contributed by atoms with Crippen LogP contribution in [0.4, 0.5) is 0 Å². The highest BCUT2D eigenvalue weighted by Gasteiger charge is 2.27. The van der Waals surface area contributed by atoms with Crippen molar-refractivity contribution in [1.82, 2.24) is 15.0 Å². The van der Waals surface area contributed by atoms with Crippen LogP contribution >= 0.6 is 27.7 Å². The molecule has 0 amide bonds. The van der Waals surface area contributed by atoms with Crippen LogP contribution in [0.1, 0.15) is 40.4 Å². The van der Waals surface area contributed by atoms with Crippen LogP contribution in [0.2, 0.25) is 0 Å². The molecule has 0 saturated carbocycles. The van der Waals surface area contributed by atoms with Crippen LogP contribution in [0.15, 0.2) is 64.2 Å². The Morgan fingerprint density at radius 3 is 2.44 bits per heavy atom. The van der Waals surface area contributed by atoms with Crippen molar-refractivity contribution in [3.8, 4) is 23.0 Å². The zero-order chi connectivity index (χ0) is 23.7. The predicted molar refractivity (Wildman–Crippen MR) is 138 cm³/mol. The number of halogens is 1. The first-order valence-corrected chi connectivity index (χ1v) is 13.0. The first kappa shape index (κ1) is 23.0. The summed E-state index contributed by atoms with van der Waals surface area (Å²) in [6.45, 7) is 3.97. The van der Waals surface area contributed by atoms with E-state index in [1.165, 1.54) is 11.1 Å². The fourth-order valence-corrected chi connectivity index (χ4v) is 5.21. The molecule has 3 heterocycles. The summed E-state index contributed by atoms with van der Waals surface area (Å²) in [6, 6.07) is 16.7. The fourth-order valence-electron chi connectivity index (χ4n) is 3.96. The third kappa shape index (κ3) is 4.60. The van der Waals surface area contributed by atoms with Gasteiger partial charge in [0.1, 0.15) is 5.03 Å². The number of benzene rings is 2. The number of aromatic nitrogens is 3. The van der Waals surface area contributed by atoms with Crippen LogP contribution in [0.5, 0.6) is 11.6 Å². The molecule has 5 rings (SSSR count).